The summed E-state index contributed by atoms with van der Waals surface area (Å²) in [6.45, 7) is 4.36. The summed E-state index contributed by atoms with van der Waals surface area (Å²) in [7, 11) is 0. The van der Waals surface area contributed by atoms with E-state index in [2.05, 4.69) is 0 Å². The molecule has 3 aliphatic heterocycles. The molecule has 0 bridgehead atoms. The summed E-state index contributed by atoms with van der Waals surface area (Å²) in [5.74, 6) is 1.51. The van der Waals surface area contributed by atoms with E-state index in [1.54, 1.807) is 18.7 Å². The van der Waals surface area contributed by atoms with Crippen LogP contribution in [0.5, 0.6) is 0 Å². The third-order valence-electron chi connectivity index (χ3n) is 6.15. The molecule has 3 atom stereocenters. The number of hydrogen-bond acceptors (Lipinski definition) is 6. The molecule has 1 aromatic carbocycles. The number of carbonyl (C=O) groups excluding carboxylic acids is 3. The van der Waals surface area contributed by atoms with Gasteiger partial charge in [0.1, 0.15) is 18.1 Å². The van der Waals surface area contributed by atoms with Crippen LogP contribution in [0.4, 0.5) is 0 Å². The molecule has 162 valence electrons. The molecule has 3 aliphatic rings. The highest BCUT2D eigenvalue weighted by atomic mass is 32.2. The minimum absolute atomic E-state index is 0.0569. The highest BCUT2D eigenvalue weighted by molar-refractivity contribution is 8.21. The van der Waals surface area contributed by atoms with Gasteiger partial charge in [0.2, 0.25) is 11.8 Å². The van der Waals surface area contributed by atoms with Gasteiger partial charge in [-0.05, 0) is 32.3 Å². The van der Waals surface area contributed by atoms with E-state index in [0.29, 0.717) is 25.8 Å². The number of hydrogen-bond donors (Lipinski definition) is 0. The first-order valence-electron chi connectivity index (χ1n) is 10.6. The van der Waals surface area contributed by atoms with Gasteiger partial charge in [0.15, 0.2) is 0 Å². The summed E-state index contributed by atoms with van der Waals surface area (Å²) in [5, 5.41) is 0. The molecule has 0 saturated carbocycles. The van der Waals surface area contributed by atoms with E-state index in [9.17, 15) is 14.4 Å². The van der Waals surface area contributed by atoms with Crippen LogP contribution in [0, 0.1) is 0 Å². The zero-order chi connectivity index (χ0) is 21.3. The molecule has 3 saturated heterocycles. The lowest BCUT2D eigenvalue weighted by atomic mass is 9.98. The average molecular weight is 449 g/mol. The lowest BCUT2D eigenvalue weighted by molar-refractivity contribution is -0.168. The molecule has 1 aromatic rings. The van der Waals surface area contributed by atoms with Crippen molar-refractivity contribution in [2.45, 2.75) is 55.3 Å². The van der Waals surface area contributed by atoms with E-state index in [1.165, 1.54) is 4.90 Å². The number of carbonyl (C=O) groups is 3. The van der Waals surface area contributed by atoms with Crippen molar-refractivity contribution in [3.05, 3.63) is 35.9 Å². The molecule has 3 fully saturated rings. The fraction of sp³-hybridized carbons (Fsp3) is 0.591. The SMILES string of the molecule is CCOC(=O)[C@H](CCc1ccccc1)N1C(=O)[C@@H]2CC3(CN2C(=O)[C@@H]1C)SCCS3. The van der Waals surface area contributed by atoms with Gasteiger partial charge in [-0.25, -0.2) is 4.79 Å². The average Bonchev–Trinajstić information content (AvgIpc) is 3.37. The number of nitrogens with zero attached hydrogens (tertiary/aromatic N) is 2. The molecule has 0 unspecified atom stereocenters. The van der Waals surface area contributed by atoms with Gasteiger partial charge in [-0.2, -0.15) is 0 Å². The van der Waals surface area contributed by atoms with E-state index < -0.39 is 24.1 Å². The Morgan fingerprint density at radius 3 is 2.57 bits per heavy atom. The number of amides is 2. The van der Waals surface area contributed by atoms with Gasteiger partial charge >= 0.3 is 5.97 Å². The third kappa shape index (κ3) is 3.96. The summed E-state index contributed by atoms with van der Waals surface area (Å²) in [5.41, 5.74) is 1.09. The van der Waals surface area contributed by atoms with Crippen LogP contribution in [0.15, 0.2) is 30.3 Å². The van der Waals surface area contributed by atoms with Crippen LogP contribution >= 0.6 is 23.5 Å². The van der Waals surface area contributed by atoms with Gasteiger partial charge in [-0.1, -0.05) is 30.3 Å². The Bertz CT molecular complexity index is 813. The molecule has 0 aromatic heterocycles. The van der Waals surface area contributed by atoms with Crippen LogP contribution in [0.3, 0.4) is 0 Å². The molecule has 0 radical (unpaired) electrons. The van der Waals surface area contributed by atoms with Crippen LogP contribution in [0.1, 0.15) is 32.3 Å². The standard InChI is InChI=1S/C22H28N2O4S2/c1-3-28-21(27)17(10-9-16-7-5-4-6-8-16)24-15(2)19(25)23-14-22(29-11-12-30-22)13-18(23)20(24)26/h4-8,15,17-18H,3,9-14H2,1-2H3/t15-,17-,18-/m0/s1. The zero-order valence-corrected chi connectivity index (χ0v) is 19.0. The van der Waals surface area contributed by atoms with Crippen LogP contribution in [-0.4, -0.2) is 74.4 Å². The summed E-state index contributed by atoms with van der Waals surface area (Å²) in [6, 6.07) is 7.99. The number of aryl methyl sites for hydroxylation is 1. The van der Waals surface area contributed by atoms with Crippen molar-refractivity contribution < 1.29 is 19.1 Å². The minimum Gasteiger partial charge on any atom is -0.464 e. The molecular weight excluding hydrogens is 420 g/mol. The Morgan fingerprint density at radius 2 is 1.90 bits per heavy atom. The van der Waals surface area contributed by atoms with Crippen LogP contribution in [0.2, 0.25) is 0 Å². The van der Waals surface area contributed by atoms with Gasteiger partial charge in [-0.15, -0.1) is 23.5 Å². The molecule has 0 N–H and O–H groups in total. The Hall–Kier alpha value is -1.67. The van der Waals surface area contributed by atoms with Crippen molar-refractivity contribution in [1.82, 2.24) is 9.80 Å². The number of fused-ring (bicyclic) bond motifs is 1. The third-order valence-corrected chi connectivity index (χ3v) is 9.57. The fourth-order valence-corrected chi connectivity index (χ4v) is 7.96. The van der Waals surface area contributed by atoms with Crippen molar-refractivity contribution in [2.24, 2.45) is 0 Å². The van der Waals surface area contributed by atoms with Crippen molar-refractivity contribution in [3.63, 3.8) is 0 Å². The summed E-state index contributed by atoms with van der Waals surface area (Å²) in [4.78, 5) is 42.9. The molecular formula is C22H28N2O4S2. The smallest absolute Gasteiger partial charge is 0.328 e. The van der Waals surface area contributed by atoms with E-state index in [1.807, 2.05) is 53.9 Å². The van der Waals surface area contributed by atoms with E-state index >= 15 is 0 Å². The van der Waals surface area contributed by atoms with Crippen molar-refractivity contribution in [3.8, 4) is 0 Å². The second-order valence-electron chi connectivity index (χ2n) is 8.01. The van der Waals surface area contributed by atoms with Crippen LogP contribution in [-0.2, 0) is 25.5 Å². The maximum Gasteiger partial charge on any atom is 0.328 e. The maximum atomic E-state index is 13.6. The number of benzene rings is 1. The predicted molar refractivity (Wildman–Crippen MR) is 119 cm³/mol. The first-order valence-corrected chi connectivity index (χ1v) is 12.5. The molecule has 6 nitrogen and oxygen atoms in total. The van der Waals surface area contributed by atoms with E-state index in [0.717, 1.165) is 17.1 Å². The molecule has 3 heterocycles. The van der Waals surface area contributed by atoms with Gasteiger partial charge in [0.25, 0.3) is 0 Å². The molecule has 2 amide bonds. The van der Waals surface area contributed by atoms with E-state index in [4.69, 9.17) is 4.74 Å². The highest BCUT2D eigenvalue weighted by Crippen LogP contribution is 2.53. The topological polar surface area (TPSA) is 66.9 Å². The minimum atomic E-state index is -0.751. The summed E-state index contributed by atoms with van der Waals surface area (Å²) >= 11 is 3.72. The van der Waals surface area contributed by atoms with Gasteiger partial charge < -0.3 is 14.5 Å². The molecule has 0 aliphatic carbocycles. The molecule has 1 spiro atoms. The monoisotopic (exact) mass is 448 g/mol. The largest absolute Gasteiger partial charge is 0.464 e. The van der Waals surface area contributed by atoms with Gasteiger partial charge in [0, 0.05) is 24.5 Å². The summed E-state index contributed by atoms with van der Waals surface area (Å²) < 4.78 is 5.24. The van der Waals surface area contributed by atoms with Crippen molar-refractivity contribution in [1.29, 1.82) is 0 Å². The molecule has 8 heteroatoms. The quantitative estimate of drug-likeness (QED) is 0.623. The number of esters is 1. The molecule has 30 heavy (non-hydrogen) atoms. The lowest BCUT2D eigenvalue weighted by Gasteiger charge is -2.43. The maximum absolute atomic E-state index is 13.6. The number of piperazine rings is 1. The fourth-order valence-electron chi connectivity index (χ4n) is 4.70. The van der Waals surface area contributed by atoms with Crippen LogP contribution in [0.25, 0.3) is 0 Å². The Balaban J connectivity index is 1.58. The Morgan fingerprint density at radius 1 is 1.20 bits per heavy atom. The normalized spacial score (nSPS) is 26.2. The number of rotatable bonds is 6. The van der Waals surface area contributed by atoms with Crippen molar-refractivity contribution in [2.75, 3.05) is 24.7 Å². The van der Waals surface area contributed by atoms with Crippen molar-refractivity contribution >= 4 is 41.3 Å². The zero-order valence-electron chi connectivity index (χ0n) is 17.4. The Labute approximate surface area is 186 Å². The predicted octanol–water partition coefficient (Wildman–Crippen LogP) is 2.56. The van der Waals surface area contributed by atoms with E-state index in [-0.39, 0.29) is 22.5 Å². The molecule has 4 rings (SSSR count). The highest BCUT2D eigenvalue weighted by Gasteiger charge is 2.57. The second-order valence-corrected chi connectivity index (χ2v) is 11.2. The first-order chi connectivity index (χ1) is 14.5. The van der Waals surface area contributed by atoms with Gasteiger partial charge in [-0.3, -0.25) is 9.59 Å². The van der Waals surface area contributed by atoms with Gasteiger partial charge in [0.05, 0.1) is 10.7 Å². The number of ether oxygens (including phenoxy) is 1. The Kier molecular flexibility index (Phi) is 6.34. The first kappa shape index (κ1) is 21.6. The summed E-state index contributed by atoms with van der Waals surface area (Å²) in [6.07, 6.45) is 1.73. The number of thioether (sulfide) groups is 2. The van der Waals surface area contributed by atoms with Crippen LogP contribution < -0.4 is 0 Å². The lowest BCUT2D eigenvalue weighted by Crippen LogP contribution is -2.65. The second kappa shape index (κ2) is 8.83.